The average Bonchev–Trinajstić information content (AvgIpc) is 2.35. The Morgan fingerprint density at radius 3 is 2.94 bits per heavy atom. The van der Waals surface area contributed by atoms with Crippen LogP contribution in [-0.4, -0.2) is 37.7 Å². The van der Waals surface area contributed by atoms with Crippen molar-refractivity contribution in [1.82, 2.24) is 10.6 Å². The first-order chi connectivity index (χ1) is 8.72. The highest BCUT2D eigenvalue weighted by molar-refractivity contribution is 5.76. The molecule has 0 spiro atoms. The Balaban J connectivity index is 2.06. The maximum Gasteiger partial charge on any atom is 0.221 e. The molecule has 2 N–H and O–H groups in total. The zero-order valence-electron chi connectivity index (χ0n) is 11.8. The van der Waals surface area contributed by atoms with E-state index in [2.05, 4.69) is 24.5 Å². The Morgan fingerprint density at radius 2 is 2.28 bits per heavy atom. The monoisotopic (exact) mass is 256 g/mol. The molecule has 1 aliphatic heterocycles. The van der Waals surface area contributed by atoms with Gasteiger partial charge in [-0.05, 0) is 13.3 Å². The van der Waals surface area contributed by atoms with Crippen molar-refractivity contribution in [2.75, 3.05) is 19.8 Å². The zero-order chi connectivity index (χ0) is 13.2. The molecule has 0 aromatic heterocycles. The fourth-order valence-corrected chi connectivity index (χ4v) is 2.26. The van der Waals surface area contributed by atoms with Crippen molar-refractivity contribution in [2.45, 2.75) is 64.5 Å². The molecule has 0 aromatic carbocycles. The van der Waals surface area contributed by atoms with Crippen LogP contribution in [0.4, 0.5) is 0 Å². The number of nitrogens with one attached hydrogen (secondary N) is 2. The van der Waals surface area contributed by atoms with Crippen LogP contribution in [0.5, 0.6) is 0 Å². The number of carbonyl (C=O) groups excluding carboxylic acids is 1. The minimum absolute atomic E-state index is 0.140. The van der Waals surface area contributed by atoms with Gasteiger partial charge in [-0.25, -0.2) is 0 Å². The zero-order valence-corrected chi connectivity index (χ0v) is 11.8. The molecule has 1 rings (SSSR count). The summed E-state index contributed by atoms with van der Waals surface area (Å²) >= 11 is 0. The van der Waals surface area contributed by atoms with Crippen molar-refractivity contribution in [3.8, 4) is 0 Å². The highest BCUT2D eigenvalue weighted by atomic mass is 16.5. The predicted molar refractivity (Wildman–Crippen MR) is 73.6 cm³/mol. The molecule has 106 valence electrons. The molecule has 1 aliphatic rings. The summed E-state index contributed by atoms with van der Waals surface area (Å²) in [4.78, 5) is 11.8. The lowest BCUT2D eigenvalue weighted by molar-refractivity contribution is -0.122. The number of rotatable bonds is 8. The molecule has 1 heterocycles. The minimum Gasteiger partial charge on any atom is -0.378 e. The fourth-order valence-electron chi connectivity index (χ4n) is 2.26. The van der Waals surface area contributed by atoms with E-state index in [1.54, 1.807) is 0 Å². The standard InChI is InChI=1S/C14H28N2O2/c1-3-4-5-6-7-12(2)16-14(17)10-13-11-18-9-8-15-13/h12-13,15H,3-11H2,1-2H3,(H,16,17). The number of ether oxygens (including phenoxy) is 1. The van der Waals surface area contributed by atoms with Gasteiger partial charge in [0.2, 0.25) is 5.91 Å². The molecular weight excluding hydrogens is 228 g/mol. The van der Waals surface area contributed by atoms with Crippen LogP contribution >= 0.6 is 0 Å². The van der Waals surface area contributed by atoms with Crippen molar-refractivity contribution in [1.29, 1.82) is 0 Å². The van der Waals surface area contributed by atoms with Gasteiger partial charge in [0.25, 0.3) is 0 Å². The van der Waals surface area contributed by atoms with Crippen molar-refractivity contribution < 1.29 is 9.53 Å². The van der Waals surface area contributed by atoms with Gasteiger partial charge >= 0.3 is 0 Å². The van der Waals surface area contributed by atoms with Gasteiger partial charge in [0.1, 0.15) is 0 Å². The Bertz CT molecular complexity index is 228. The third-order valence-corrected chi connectivity index (χ3v) is 3.33. The molecule has 0 aromatic rings. The normalized spacial score (nSPS) is 21.6. The molecule has 2 unspecified atom stereocenters. The van der Waals surface area contributed by atoms with E-state index in [0.29, 0.717) is 19.1 Å². The van der Waals surface area contributed by atoms with E-state index in [1.165, 1.54) is 25.7 Å². The number of carbonyl (C=O) groups is 1. The first-order valence-electron chi connectivity index (χ1n) is 7.33. The Morgan fingerprint density at radius 1 is 1.44 bits per heavy atom. The van der Waals surface area contributed by atoms with Gasteiger partial charge in [-0.15, -0.1) is 0 Å². The summed E-state index contributed by atoms with van der Waals surface area (Å²) in [6, 6.07) is 0.477. The highest BCUT2D eigenvalue weighted by Gasteiger charge is 2.17. The van der Waals surface area contributed by atoms with E-state index in [1.807, 2.05) is 0 Å². The lowest BCUT2D eigenvalue weighted by Gasteiger charge is -2.24. The summed E-state index contributed by atoms with van der Waals surface area (Å²) in [5.74, 6) is 0.140. The lowest BCUT2D eigenvalue weighted by atomic mass is 10.1. The fraction of sp³-hybridized carbons (Fsp3) is 0.929. The maximum absolute atomic E-state index is 11.8. The van der Waals surface area contributed by atoms with Crippen LogP contribution in [0.3, 0.4) is 0 Å². The SMILES string of the molecule is CCCCCCC(C)NC(=O)CC1COCCN1. The predicted octanol–water partition coefficient (Wildman–Crippen LogP) is 1.84. The number of amides is 1. The van der Waals surface area contributed by atoms with Gasteiger partial charge in [0.05, 0.1) is 13.2 Å². The highest BCUT2D eigenvalue weighted by Crippen LogP contribution is 2.06. The number of hydrogen-bond donors (Lipinski definition) is 2. The molecule has 0 bridgehead atoms. The molecule has 18 heavy (non-hydrogen) atoms. The van der Waals surface area contributed by atoms with Crippen LogP contribution in [0.15, 0.2) is 0 Å². The van der Waals surface area contributed by atoms with Gasteiger partial charge in [0.15, 0.2) is 0 Å². The van der Waals surface area contributed by atoms with Gasteiger partial charge in [-0.1, -0.05) is 32.6 Å². The summed E-state index contributed by atoms with van der Waals surface area (Å²) in [5.41, 5.74) is 0. The minimum atomic E-state index is 0.140. The van der Waals surface area contributed by atoms with E-state index in [4.69, 9.17) is 4.74 Å². The maximum atomic E-state index is 11.8. The lowest BCUT2D eigenvalue weighted by Crippen LogP contribution is -2.45. The topological polar surface area (TPSA) is 50.4 Å². The first-order valence-corrected chi connectivity index (χ1v) is 7.33. The second kappa shape index (κ2) is 9.34. The van der Waals surface area contributed by atoms with Crippen LogP contribution in [0.25, 0.3) is 0 Å². The number of unbranched alkanes of at least 4 members (excludes halogenated alkanes) is 3. The largest absolute Gasteiger partial charge is 0.378 e. The van der Waals surface area contributed by atoms with Crippen molar-refractivity contribution >= 4 is 5.91 Å². The second-order valence-corrected chi connectivity index (χ2v) is 5.25. The van der Waals surface area contributed by atoms with E-state index in [-0.39, 0.29) is 11.9 Å². The molecule has 0 saturated carbocycles. The van der Waals surface area contributed by atoms with Gasteiger partial charge in [-0.3, -0.25) is 4.79 Å². The van der Waals surface area contributed by atoms with E-state index in [9.17, 15) is 4.79 Å². The van der Waals surface area contributed by atoms with Crippen LogP contribution in [0.1, 0.15) is 52.4 Å². The molecule has 0 radical (unpaired) electrons. The van der Waals surface area contributed by atoms with E-state index >= 15 is 0 Å². The van der Waals surface area contributed by atoms with Gasteiger partial charge in [0, 0.05) is 25.0 Å². The number of morpholine rings is 1. The third kappa shape index (κ3) is 6.97. The molecule has 4 nitrogen and oxygen atoms in total. The van der Waals surface area contributed by atoms with Gasteiger partial charge < -0.3 is 15.4 Å². The van der Waals surface area contributed by atoms with Crippen molar-refractivity contribution in [3.05, 3.63) is 0 Å². The average molecular weight is 256 g/mol. The van der Waals surface area contributed by atoms with Crippen LogP contribution in [0.2, 0.25) is 0 Å². The molecule has 0 aliphatic carbocycles. The van der Waals surface area contributed by atoms with Crippen LogP contribution in [0, 0.1) is 0 Å². The molecular formula is C14H28N2O2. The summed E-state index contributed by atoms with van der Waals surface area (Å²) in [6.07, 6.45) is 6.65. The van der Waals surface area contributed by atoms with E-state index in [0.717, 1.165) is 19.6 Å². The number of hydrogen-bond acceptors (Lipinski definition) is 3. The molecule has 1 saturated heterocycles. The Labute approximate surface area is 111 Å². The first kappa shape index (κ1) is 15.4. The summed E-state index contributed by atoms with van der Waals surface area (Å²) in [6.45, 7) is 6.56. The summed E-state index contributed by atoms with van der Waals surface area (Å²) in [7, 11) is 0. The quantitative estimate of drug-likeness (QED) is 0.652. The second-order valence-electron chi connectivity index (χ2n) is 5.25. The molecule has 1 fully saturated rings. The van der Waals surface area contributed by atoms with Crippen molar-refractivity contribution in [3.63, 3.8) is 0 Å². The molecule has 2 atom stereocenters. The summed E-state index contributed by atoms with van der Waals surface area (Å²) < 4.78 is 5.34. The summed E-state index contributed by atoms with van der Waals surface area (Å²) in [5, 5.41) is 6.37. The van der Waals surface area contributed by atoms with Crippen molar-refractivity contribution in [2.24, 2.45) is 0 Å². The Kier molecular flexibility index (Phi) is 8.01. The Hall–Kier alpha value is -0.610. The molecule has 4 heteroatoms. The van der Waals surface area contributed by atoms with E-state index < -0.39 is 0 Å². The smallest absolute Gasteiger partial charge is 0.221 e. The molecule has 1 amide bonds. The van der Waals surface area contributed by atoms with Gasteiger partial charge in [-0.2, -0.15) is 0 Å². The third-order valence-electron chi connectivity index (χ3n) is 3.33. The van der Waals surface area contributed by atoms with Crippen LogP contribution < -0.4 is 10.6 Å². The van der Waals surface area contributed by atoms with Crippen LogP contribution in [-0.2, 0) is 9.53 Å².